The third-order valence-electron chi connectivity index (χ3n) is 3.02. The van der Waals surface area contributed by atoms with Crippen LogP contribution in [0, 0.1) is 0 Å². The van der Waals surface area contributed by atoms with E-state index in [-0.39, 0.29) is 5.91 Å². The predicted molar refractivity (Wildman–Crippen MR) is 73.9 cm³/mol. The van der Waals surface area contributed by atoms with E-state index in [1.165, 1.54) is 0 Å². The maximum atomic E-state index is 12.5. The number of para-hydroxylation sites is 1. The third kappa shape index (κ3) is 2.23. The molecule has 0 aliphatic carbocycles. The number of amides is 1. The number of benzene rings is 1. The zero-order valence-electron chi connectivity index (χ0n) is 10.9. The fourth-order valence-electron chi connectivity index (χ4n) is 2.05. The van der Waals surface area contributed by atoms with Gasteiger partial charge in [0.25, 0.3) is 5.91 Å². The van der Waals surface area contributed by atoms with Crippen LogP contribution in [0.25, 0.3) is 11.0 Å². The van der Waals surface area contributed by atoms with Crippen molar-refractivity contribution in [1.29, 1.82) is 0 Å². The van der Waals surface area contributed by atoms with Gasteiger partial charge in [0.15, 0.2) is 0 Å². The molecule has 6 heteroatoms. The second-order valence-electron chi connectivity index (χ2n) is 4.43. The highest BCUT2D eigenvalue weighted by atomic mass is 16.2. The third-order valence-corrected chi connectivity index (χ3v) is 3.02. The molecule has 3 aromatic rings. The lowest BCUT2D eigenvalue weighted by molar-refractivity contribution is 0.0783. The van der Waals surface area contributed by atoms with Crippen LogP contribution < -0.4 is 0 Å². The van der Waals surface area contributed by atoms with Gasteiger partial charge in [0.2, 0.25) is 0 Å². The molecule has 3 rings (SSSR count). The Kier molecular flexibility index (Phi) is 3.12. The van der Waals surface area contributed by atoms with Gasteiger partial charge in [-0.2, -0.15) is 0 Å². The van der Waals surface area contributed by atoms with Crippen LogP contribution in [0.5, 0.6) is 0 Å². The van der Waals surface area contributed by atoms with Crippen molar-refractivity contribution in [3.63, 3.8) is 0 Å². The van der Waals surface area contributed by atoms with E-state index in [4.69, 9.17) is 0 Å². The average Bonchev–Trinajstić information content (AvgIpc) is 2.99. The van der Waals surface area contributed by atoms with E-state index in [1.54, 1.807) is 42.8 Å². The van der Waals surface area contributed by atoms with Crippen LogP contribution in [0.3, 0.4) is 0 Å². The smallest absolute Gasteiger partial charge is 0.256 e. The van der Waals surface area contributed by atoms with Crippen molar-refractivity contribution in [2.75, 3.05) is 7.05 Å². The van der Waals surface area contributed by atoms with E-state index >= 15 is 0 Å². The largest absolute Gasteiger partial charge is 0.347 e. The number of hydrogen-bond acceptors (Lipinski definition) is 4. The molecule has 2 aromatic heterocycles. The van der Waals surface area contributed by atoms with Crippen molar-refractivity contribution in [3.8, 4) is 0 Å². The summed E-state index contributed by atoms with van der Waals surface area (Å²) in [6.45, 7) is 0.419. The van der Waals surface area contributed by atoms with Gasteiger partial charge in [0.05, 0.1) is 17.6 Å². The summed E-state index contributed by atoms with van der Waals surface area (Å²) in [7, 11) is 1.74. The van der Waals surface area contributed by atoms with E-state index in [1.807, 2.05) is 12.1 Å². The normalized spacial score (nSPS) is 10.7. The van der Waals surface area contributed by atoms with Crippen LogP contribution in [-0.2, 0) is 6.54 Å². The zero-order chi connectivity index (χ0) is 13.9. The van der Waals surface area contributed by atoms with E-state index in [0.717, 1.165) is 5.82 Å². The number of rotatable bonds is 3. The number of nitrogens with zero attached hydrogens (tertiary/aromatic N) is 4. The quantitative estimate of drug-likeness (QED) is 0.782. The Morgan fingerprint density at radius 2 is 2.05 bits per heavy atom. The van der Waals surface area contributed by atoms with Gasteiger partial charge < -0.3 is 9.88 Å². The number of carbonyl (C=O) groups excluding carboxylic acids is 1. The van der Waals surface area contributed by atoms with Crippen molar-refractivity contribution in [2.45, 2.75) is 6.54 Å². The first-order chi connectivity index (χ1) is 9.75. The first kappa shape index (κ1) is 12.3. The molecular weight excluding hydrogens is 254 g/mol. The Balaban J connectivity index is 1.92. The molecule has 0 atom stereocenters. The van der Waals surface area contributed by atoms with E-state index in [2.05, 4.69) is 19.9 Å². The summed E-state index contributed by atoms with van der Waals surface area (Å²) in [6, 6.07) is 5.41. The van der Waals surface area contributed by atoms with Gasteiger partial charge >= 0.3 is 0 Å². The van der Waals surface area contributed by atoms with Crippen LogP contribution in [0.1, 0.15) is 16.2 Å². The number of fused-ring (bicyclic) bond motifs is 1. The molecule has 0 bridgehead atoms. The topological polar surface area (TPSA) is 74.8 Å². The van der Waals surface area contributed by atoms with Crippen LogP contribution >= 0.6 is 0 Å². The molecule has 0 aliphatic rings. The molecule has 0 radical (unpaired) electrons. The van der Waals surface area contributed by atoms with Crippen LogP contribution in [0.15, 0.2) is 43.0 Å². The second-order valence-corrected chi connectivity index (χ2v) is 4.43. The van der Waals surface area contributed by atoms with Crippen molar-refractivity contribution in [3.05, 3.63) is 54.4 Å². The van der Waals surface area contributed by atoms with Gasteiger partial charge in [-0.1, -0.05) is 6.07 Å². The first-order valence-corrected chi connectivity index (χ1v) is 6.19. The van der Waals surface area contributed by atoms with Gasteiger partial charge in [0.1, 0.15) is 11.3 Å². The summed E-state index contributed by atoms with van der Waals surface area (Å²) >= 11 is 0. The minimum Gasteiger partial charge on any atom is -0.347 e. The molecule has 1 aromatic carbocycles. The molecule has 1 N–H and O–H groups in total. The molecule has 6 nitrogen and oxygen atoms in total. The maximum absolute atomic E-state index is 12.5. The van der Waals surface area contributed by atoms with E-state index in [9.17, 15) is 4.79 Å². The molecule has 0 saturated heterocycles. The SMILES string of the molecule is CN(Cc1ncc[nH]1)C(=O)c1cccc2nccnc12. The molecular formula is C14H13N5O. The van der Waals surface area contributed by atoms with Gasteiger partial charge in [-0.05, 0) is 12.1 Å². The van der Waals surface area contributed by atoms with Gasteiger partial charge in [-0.25, -0.2) is 4.98 Å². The van der Waals surface area contributed by atoms with E-state index < -0.39 is 0 Å². The Hall–Kier alpha value is -2.76. The highest BCUT2D eigenvalue weighted by Gasteiger charge is 2.16. The minimum atomic E-state index is -0.104. The molecule has 1 amide bonds. The van der Waals surface area contributed by atoms with Crippen LogP contribution in [0.4, 0.5) is 0 Å². The number of H-pyrrole nitrogens is 1. The molecule has 2 heterocycles. The Morgan fingerprint density at radius 1 is 1.20 bits per heavy atom. The summed E-state index contributed by atoms with van der Waals surface area (Å²) < 4.78 is 0. The summed E-state index contributed by atoms with van der Waals surface area (Å²) in [5.41, 5.74) is 1.88. The molecule has 0 saturated carbocycles. The second kappa shape index (κ2) is 5.08. The lowest BCUT2D eigenvalue weighted by atomic mass is 10.1. The molecule has 0 fully saturated rings. The first-order valence-electron chi connectivity index (χ1n) is 6.19. The molecule has 0 aliphatic heterocycles. The van der Waals surface area contributed by atoms with Crippen molar-refractivity contribution in [2.24, 2.45) is 0 Å². The van der Waals surface area contributed by atoms with Crippen LogP contribution in [0.2, 0.25) is 0 Å². The van der Waals surface area contributed by atoms with E-state index in [0.29, 0.717) is 23.1 Å². The molecule has 0 unspecified atom stereocenters. The molecule has 0 spiro atoms. The predicted octanol–water partition coefficient (Wildman–Crippen LogP) is 1.63. The monoisotopic (exact) mass is 267 g/mol. The van der Waals surface area contributed by atoms with Gasteiger partial charge in [0, 0.05) is 31.8 Å². The number of imidazole rings is 1. The van der Waals surface area contributed by atoms with Gasteiger partial charge in [-0.3, -0.25) is 14.8 Å². The molecule has 100 valence electrons. The van der Waals surface area contributed by atoms with Gasteiger partial charge in [-0.15, -0.1) is 0 Å². The highest BCUT2D eigenvalue weighted by Crippen LogP contribution is 2.16. The van der Waals surface area contributed by atoms with Crippen molar-refractivity contribution >= 4 is 16.9 Å². The summed E-state index contributed by atoms with van der Waals surface area (Å²) in [5, 5.41) is 0. The number of aromatic nitrogens is 4. The highest BCUT2D eigenvalue weighted by molar-refractivity contribution is 6.04. The zero-order valence-corrected chi connectivity index (χ0v) is 10.9. The number of nitrogens with one attached hydrogen (secondary N) is 1. The lowest BCUT2D eigenvalue weighted by Gasteiger charge is -2.16. The summed E-state index contributed by atoms with van der Waals surface area (Å²) in [6.07, 6.45) is 6.60. The maximum Gasteiger partial charge on any atom is 0.256 e. The van der Waals surface area contributed by atoms with Crippen molar-refractivity contribution < 1.29 is 4.79 Å². The average molecular weight is 267 g/mol. The molecule has 20 heavy (non-hydrogen) atoms. The standard InChI is InChI=1S/C14H13N5O/c1-19(9-12-16-6-7-17-12)14(20)10-3-2-4-11-13(10)18-8-5-15-11/h2-8H,9H2,1H3,(H,16,17). The van der Waals surface area contributed by atoms with Crippen LogP contribution in [-0.4, -0.2) is 37.8 Å². The fraction of sp³-hybridized carbons (Fsp3) is 0.143. The Morgan fingerprint density at radius 3 is 2.85 bits per heavy atom. The van der Waals surface area contributed by atoms with Crippen molar-refractivity contribution in [1.82, 2.24) is 24.8 Å². The Labute approximate surface area is 115 Å². The Bertz CT molecular complexity index is 733. The number of hydrogen-bond donors (Lipinski definition) is 1. The fourth-order valence-corrected chi connectivity index (χ4v) is 2.05. The minimum absolute atomic E-state index is 0.104. The summed E-state index contributed by atoms with van der Waals surface area (Å²) in [5.74, 6) is 0.639. The number of carbonyl (C=O) groups is 1. The number of aromatic amines is 1. The summed E-state index contributed by atoms with van der Waals surface area (Å²) in [4.78, 5) is 29.7. The lowest BCUT2D eigenvalue weighted by Crippen LogP contribution is -2.27.